The fourth-order valence-electron chi connectivity index (χ4n) is 1.93. The van der Waals surface area contributed by atoms with Crippen molar-refractivity contribution in [3.05, 3.63) is 29.8 Å². The molecule has 1 aromatic heterocycles. The lowest BCUT2D eigenvalue weighted by molar-refractivity contribution is -0.115. The van der Waals surface area contributed by atoms with Crippen LogP contribution in [0.15, 0.2) is 32.9 Å². The maximum Gasteiger partial charge on any atom is 0.237 e. The van der Waals surface area contributed by atoms with Crippen LogP contribution in [0.2, 0.25) is 0 Å². The summed E-state index contributed by atoms with van der Waals surface area (Å²) in [5, 5.41) is 11.0. The normalized spacial score (nSPS) is 12.9. The molecule has 24 heavy (non-hydrogen) atoms. The summed E-state index contributed by atoms with van der Waals surface area (Å²) in [5.41, 5.74) is 2.18. The van der Waals surface area contributed by atoms with Gasteiger partial charge in [0.05, 0.1) is 5.25 Å². The minimum Gasteiger partial charge on any atom is -0.325 e. The number of thioether (sulfide) groups is 2. The predicted octanol–water partition coefficient (Wildman–Crippen LogP) is 5.07. The molecule has 0 aliphatic heterocycles. The zero-order valence-electron chi connectivity index (χ0n) is 14.6. The van der Waals surface area contributed by atoms with E-state index in [0.717, 1.165) is 20.1 Å². The number of amides is 1. The molecule has 7 heteroatoms. The highest BCUT2D eigenvalue weighted by molar-refractivity contribution is 8.03. The van der Waals surface area contributed by atoms with Crippen LogP contribution in [0.25, 0.3) is 0 Å². The minimum atomic E-state index is -0.222. The van der Waals surface area contributed by atoms with E-state index < -0.39 is 0 Å². The number of carbonyl (C=O) groups excluding carboxylic acids is 1. The van der Waals surface area contributed by atoms with Crippen LogP contribution in [0.3, 0.4) is 0 Å². The maximum atomic E-state index is 12.4. The average molecular weight is 382 g/mol. The van der Waals surface area contributed by atoms with Crippen molar-refractivity contribution in [2.75, 3.05) is 11.1 Å². The minimum absolute atomic E-state index is 0.0246. The molecule has 1 heterocycles. The Kier molecular flexibility index (Phi) is 6.71. The third-order valence-electron chi connectivity index (χ3n) is 3.32. The third-order valence-corrected chi connectivity index (χ3v) is 6.44. The Morgan fingerprint density at radius 3 is 2.42 bits per heavy atom. The molecule has 0 aliphatic rings. The van der Waals surface area contributed by atoms with Crippen molar-refractivity contribution >= 4 is 46.5 Å². The summed E-state index contributed by atoms with van der Waals surface area (Å²) in [6.45, 7) is 10.5. The monoisotopic (exact) mass is 381 g/mol. The summed E-state index contributed by atoms with van der Waals surface area (Å²) in [5.74, 6) is 0.947. The molecule has 0 saturated carbocycles. The molecule has 0 bridgehead atoms. The number of nitrogens with one attached hydrogen (secondary N) is 1. The Labute approximate surface area is 156 Å². The molecular weight excluding hydrogens is 358 g/mol. The molecule has 2 aromatic rings. The number of rotatable bonds is 6. The lowest BCUT2D eigenvalue weighted by atomic mass is 9.87. The zero-order valence-corrected chi connectivity index (χ0v) is 17.1. The Hall–Kier alpha value is -1.05. The molecule has 130 valence electrons. The number of hydrogen-bond donors (Lipinski definition) is 1. The number of aromatic nitrogens is 2. The van der Waals surface area contributed by atoms with Crippen LogP contribution in [0.5, 0.6) is 0 Å². The number of hydrogen-bond acceptors (Lipinski definition) is 6. The molecule has 0 aliphatic carbocycles. The lowest BCUT2D eigenvalue weighted by Gasteiger charge is -2.19. The van der Waals surface area contributed by atoms with E-state index in [2.05, 4.69) is 55.3 Å². The van der Waals surface area contributed by atoms with Crippen LogP contribution in [0.1, 0.15) is 40.2 Å². The fraction of sp³-hybridized carbons (Fsp3) is 0.471. The summed E-state index contributed by atoms with van der Waals surface area (Å²) in [6, 6.07) is 8.03. The molecule has 1 N–H and O–H groups in total. The van der Waals surface area contributed by atoms with E-state index in [1.807, 2.05) is 19.1 Å². The molecular formula is C17H23N3OS3. The molecule has 2 rings (SSSR count). The largest absolute Gasteiger partial charge is 0.325 e. The molecule has 4 nitrogen and oxygen atoms in total. The van der Waals surface area contributed by atoms with E-state index in [0.29, 0.717) is 0 Å². The number of benzene rings is 1. The SMILES string of the molecule is CCSc1nnc(SC(C)C(=O)Nc2ccc(C(C)(C)C)cc2)s1. The van der Waals surface area contributed by atoms with Crippen molar-refractivity contribution in [1.82, 2.24) is 10.2 Å². The summed E-state index contributed by atoms with van der Waals surface area (Å²) in [6.07, 6.45) is 0. The quantitative estimate of drug-likeness (QED) is 0.708. The zero-order chi connectivity index (χ0) is 17.7. The van der Waals surface area contributed by atoms with Crippen molar-refractivity contribution in [3.8, 4) is 0 Å². The van der Waals surface area contributed by atoms with Gasteiger partial charge in [-0.05, 0) is 35.8 Å². The fourth-order valence-corrected chi connectivity index (χ4v) is 4.99. The molecule has 1 unspecified atom stereocenters. The predicted molar refractivity (Wildman–Crippen MR) is 105 cm³/mol. The highest BCUT2D eigenvalue weighted by Gasteiger charge is 2.18. The molecule has 1 aromatic carbocycles. The van der Waals surface area contributed by atoms with Crippen molar-refractivity contribution in [3.63, 3.8) is 0 Å². The van der Waals surface area contributed by atoms with Gasteiger partial charge in [-0.25, -0.2) is 0 Å². The molecule has 1 atom stereocenters. The standard InChI is InChI=1S/C17H23N3OS3/c1-6-22-15-19-20-16(24-15)23-11(2)14(21)18-13-9-7-12(8-10-13)17(3,4)5/h7-11H,6H2,1-5H3,(H,18,21). The second-order valence-electron chi connectivity index (χ2n) is 6.34. The molecule has 0 radical (unpaired) electrons. The maximum absolute atomic E-state index is 12.4. The second-order valence-corrected chi connectivity index (χ2v) is 10.4. The van der Waals surface area contributed by atoms with Gasteiger partial charge in [-0.15, -0.1) is 10.2 Å². The summed E-state index contributed by atoms with van der Waals surface area (Å²) < 4.78 is 1.78. The van der Waals surface area contributed by atoms with Crippen molar-refractivity contribution in [2.24, 2.45) is 0 Å². The first-order valence-corrected chi connectivity index (χ1v) is 10.5. The second kappa shape index (κ2) is 8.36. The number of carbonyl (C=O) groups is 1. The van der Waals surface area contributed by atoms with Crippen LogP contribution in [-0.4, -0.2) is 27.1 Å². The van der Waals surface area contributed by atoms with Gasteiger partial charge >= 0.3 is 0 Å². The Morgan fingerprint density at radius 2 is 1.83 bits per heavy atom. The van der Waals surface area contributed by atoms with E-state index in [1.54, 1.807) is 11.8 Å². The Morgan fingerprint density at radius 1 is 1.21 bits per heavy atom. The van der Waals surface area contributed by atoms with Crippen LogP contribution in [-0.2, 0) is 10.2 Å². The van der Waals surface area contributed by atoms with E-state index in [1.165, 1.54) is 28.7 Å². The third kappa shape index (κ3) is 5.50. The van der Waals surface area contributed by atoms with Crippen LogP contribution in [0.4, 0.5) is 5.69 Å². The van der Waals surface area contributed by atoms with Gasteiger partial charge in [0.2, 0.25) is 5.91 Å². The van der Waals surface area contributed by atoms with Gasteiger partial charge in [0.15, 0.2) is 8.68 Å². The van der Waals surface area contributed by atoms with E-state index in [4.69, 9.17) is 0 Å². The van der Waals surface area contributed by atoms with Gasteiger partial charge in [-0.3, -0.25) is 4.79 Å². The summed E-state index contributed by atoms with van der Waals surface area (Å²) in [7, 11) is 0. The molecule has 0 saturated heterocycles. The highest BCUT2D eigenvalue weighted by Crippen LogP contribution is 2.31. The van der Waals surface area contributed by atoms with E-state index >= 15 is 0 Å². The smallest absolute Gasteiger partial charge is 0.237 e. The average Bonchev–Trinajstić information content (AvgIpc) is 2.94. The van der Waals surface area contributed by atoms with E-state index in [-0.39, 0.29) is 16.6 Å². The molecule has 1 amide bonds. The summed E-state index contributed by atoms with van der Waals surface area (Å²) in [4.78, 5) is 12.4. The van der Waals surface area contributed by atoms with Gasteiger partial charge in [-0.1, -0.05) is 74.7 Å². The van der Waals surface area contributed by atoms with Crippen LogP contribution >= 0.6 is 34.9 Å². The van der Waals surface area contributed by atoms with Crippen LogP contribution in [0, 0.1) is 0 Å². The van der Waals surface area contributed by atoms with E-state index in [9.17, 15) is 4.79 Å². The van der Waals surface area contributed by atoms with Crippen molar-refractivity contribution < 1.29 is 4.79 Å². The molecule has 0 fully saturated rings. The summed E-state index contributed by atoms with van der Waals surface area (Å²) >= 11 is 4.65. The van der Waals surface area contributed by atoms with Crippen LogP contribution < -0.4 is 5.32 Å². The molecule has 0 spiro atoms. The number of anilines is 1. The van der Waals surface area contributed by atoms with Gasteiger partial charge < -0.3 is 5.32 Å². The lowest BCUT2D eigenvalue weighted by Crippen LogP contribution is -2.22. The first-order valence-electron chi connectivity index (χ1n) is 7.84. The Bertz CT molecular complexity index is 677. The Balaban J connectivity index is 1.93. The van der Waals surface area contributed by atoms with Crippen molar-refractivity contribution in [1.29, 1.82) is 0 Å². The first kappa shape index (κ1) is 19.3. The number of nitrogens with zero attached hydrogens (tertiary/aromatic N) is 2. The van der Waals surface area contributed by atoms with Crippen molar-refractivity contribution in [2.45, 2.75) is 54.0 Å². The first-order chi connectivity index (χ1) is 11.3. The van der Waals surface area contributed by atoms with Gasteiger partial charge in [0.1, 0.15) is 0 Å². The topological polar surface area (TPSA) is 54.9 Å². The highest BCUT2D eigenvalue weighted by atomic mass is 32.2. The van der Waals surface area contributed by atoms with Gasteiger partial charge in [0, 0.05) is 5.69 Å². The van der Waals surface area contributed by atoms with Gasteiger partial charge in [-0.2, -0.15) is 0 Å². The van der Waals surface area contributed by atoms with Gasteiger partial charge in [0.25, 0.3) is 0 Å².